The first-order valence-corrected chi connectivity index (χ1v) is 13.5. The van der Waals surface area contributed by atoms with Crippen molar-refractivity contribution < 1.29 is 19.1 Å². The lowest BCUT2D eigenvalue weighted by Crippen LogP contribution is -2.35. The van der Waals surface area contributed by atoms with E-state index in [1.807, 2.05) is 55.7 Å². The topological polar surface area (TPSA) is 92.3 Å². The number of anilines is 1. The highest BCUT2D eigenvalue weighted by atomic mass is 16.5. The molecule has 3 rings (SSSR count). The number of hydrogen-bond donors (Lipinski definition) is 2. The third kappa shape index (κ3) is 7.93. The second-order valence-corrected chi connectivity index (χ2v) is 10.8. The van der Waals surface area contributed by atoms with Gasteiger partial charge in [0.25, 0.3) is 0 Å². The molecule has 2 unspecified atom stereocenters. The van der Waals surface area contributed by atoms with Crippen LogP contribution in [0.4, 0.5) is 11.4 Å². The average molecular weight is 535 g/mol. The maximum atomic E-state index is 12.1. The summed E-state index contributed by atoms with van der Waals surface area (Å²) in [6.45, 7) is 10.9. The number of rotatable bonds is 13. The molecule has 8 nitrogen and oxygen atoms in total. The van der Waals surface area contributed by atoms with Crippen LogP contribution in [0.15, 0.2) is 47.6 Å². The summed E-state index contributed by atoms with van der Waals surface area (Å²) < 4.78 is 11.7. The molecule has 2 N–H and O–H groups in total. The number of carbonyl (C=O) groups excluding carboxylic acids is 2. The van der Waals surface area contributed by atoms with Crippen LogP contribution in [0.5, 0.6) is 11.5 Å². The van der Waals surface area contributed by atoms with Gasteiger partial charge in [-0.15, -0.1) is 0 Å². The van der Waals surface area contributed by atoms with E-state index in [1.54, 1.807) is 26.0 Å². The summed E-state index contributed by atoms with van der Waals surface area (Å²) in [4.78, 5) is 30.4. The molecule has 0 radical (unpaired) electrons. The Balaban J connectivity index is 1.73. The van der Waals surface area contributed by atoms with Gasteiger partial charge in [0.15, 0.2) is 11.5 Å². The summed E-state index contributed by atoms with van der Waals surface area (Å²) in [5.74, 6) is 1.24. The Kier molecular flexibility index (Phi) is 10.3. The fourth-order valence-electron chi connectivity index (χ4n) is 4.49. The molecule has 0 bridgehead atoms. The quantitative estimate of drug-likeness (QED) is 0.253. The molecule has 39 heavy (non-hydrogen) atoms. The van der Waals surface area contributed by atoms with E-state index in [4.69, 9.17) is 14.5 Å². The van der Waals surface area contributed by atoms with Gasteiger partial charge < -0.3 is 25.0 Å². The average Bonchev–Trinajstić information content (AvgIpc) is 3.34. The van der Waals surface area contributed by atoms with Crippen LogP contribution >= 0.6 is 0 Å². The Bertz CT molecular complexity index is 1200. The van der Waals surface area contributed by atoms with Crippen LogP contribution in [0.25, 0.3) is 5.57 Å². The second-order valence-electron chi connectivity index (χ2n) is 10.8. The standard InChI is InChI=1S/C31H42N4O4/c1-8-13-31(4,5)19-39-29-16-27(21(2)14-28(29)38-7)33-17-26-15-24(18-35(26)20-36)23-9-11-25(12-10-23)34-30(37)22(3)32-6/h9-12,14,16-18,20,22,26,32H,8,13,15,19H2,1-7H3,(H,34,37). The molecule has 8 heteroatoms. The third-order valence-corrected chi connectivity index (χ3v) is 7.00. The SMILES string of the molecule is CCCC(C)(C)COc1cc(N=CC2CC(c3ccc(NC(=O)C(C)NC)cc3)=CN2C=O)c(C)cc1OC. The molecule has 2 aromatic carbocycles. The molecule has 0 fully saturated rings. The first-order chi connectivity index (χ1) is 18.6. The van der Waals surface area contributed by atoms with E-state index in [0.717, 1.165) is 47.3 Å². The van der Waals surface area contributed by atoms with Crippen LogP contribution in [0.2, 0.25) is 0 Å². The number of nitrogens with one attached hydrogen (secondary N) is 2. The molecule has 2 aromatic rings. The summed E-state index contributed by atoms with van der Waals surface area (Å²) in [6.07, 6.45) is 7.28. The van der Waals surface area contributed by atoms with Crippen LogP contribution in [-0.2, 0) is 9.59 Å². The van der Waals surface area contributed by atoms with E-state index in [9.17, 15) is 9.59 Å². The lowest BCUT2D eigenvalue weighted by Gasteiger charge is -2.25. The van der Waals surface area contributed by atoms with Gasteiger partial charge in [-0.1, -0.05) is 39.3 Å². The van der Waals surface area contributed by atoms with Gasteiger partial charge in [-0.3, -0.25) is 14.6 Å². The van der Waals surface area contributed by atoms with Crippen molar-refractivity contribution >= 4 is 35.5 Å². The first-order valence-electron chi connectivity index (χ1n) is 13.5. The lowest BCUT2D eigenvalue weighted by atomic mass is 9.89. The van der Waals surface area contributed by atoms with Crippen molar-refractivity contribution in [2.75, 3.05) is 26.1 Å². The Labute approximate surface area is 232 Å². The summed E-state index contributed by atoms with van der Waals surface area (Å²) in [6, 6.07) is 11.0. The van der Waals surface area contributed by atoms with Gasteiger partial charge >= 0.3 is 0 Å². The fraction of sp³-hybridized carbons (Fsp3) is 0.452. The number of methoxy groups -OCH3 is 1. The largest absolute Gasteiger partial charge is 0.493 e. The molecule has 0 saturated carbocycles. The Morgan fingerprint density at radius 1 is 1.23 bits per heavy atom. The maximum Gasteiger partial charge on any atom is 0.241 e. The van der Waals surface area contributed by atoms with Gasteiger partial charge in [-0.25, -0.2) is 0 Å². The van der Waals surface area contributed by atoms with E-state index >= 15 is 0 Å². The van der Waals surface area contributed by atoms with Crippen LogP contribution in [0, 0.1) is 12.3 Å². The molecule has 1 heterocycles. The van der Waals surface area contributed by atoms with E-state index in [2.05, 4.69) is 31.4 Å². The second kappa shape index (κ2) is 13.4. The number of benzene rings is 2. The zero-order valence-corrected chi connectivity index (χ0v) is 24.2. The monoisotopic (exact) mass is 534 g/mol. The molecule has 1 aliphatic rings. The highest BCUT2D eigenvalue weighted by Crippen LogP contribution is 2.37. The smallest absolute Gasteiger partial charge is 0.241 e. The van der Waals surface area contributed by atoms with Gasteiger partial charge in [-0.05, 0) is 67.6 Å². The van der Waals surface area contributed by atoms with E-state index < -0.39 is 0 Å². The van der Waals surface area contributed by atoms with Gasteiger partial charge in [-0.2, -0.15) is 0 Å². The molecular formula is C31H42N4O4. The van der Waals surface area contributed by atoms with Gasteiger partial charge in [0.2, 0.25) is 12.3 Å². The zero-order valence-electron chi connectivity index (χ0n) is 24.2. The number of aliphatic imine (C=N–C) groups is 1. The Morgan fingerprint density at radius 3 is 2.56 bits per heavy atom. The molecule has 0 aliphatic carbocycles. The van der Waals surface area contributed by atoms with E-state index in [-0.39, 0.29) is 23.4 Å². The number of carbonyl (C=O) groups is 2. The summed E-state index contributed by atoms with van der Waals surface area (Å²) in [7, 11) is 3.38. The minimum Gasteiger partial charge on any atom is -0.493 e. The van der Waals surface area contributed by atoms with Crippen LogP contribution in [0.1, 0.15) is 58.1 Å². The molecule has 1 aliphatic heterocycles. The number of amides is 2. The van der Waals surface area contributed by atoms with E-state index in [1.165, 1.54) is 0 Å². The van der Waals surface area contributed by atoms with Crippen LogP contribution < -0.4 is 20.1 Å². The maximum absolute atomic E-state index is 12.1. The van der Waals surface area contributed by atoms with Gasteiger partial charge in [0.1, 0.15) is 0 Å². The van der Waals surface area contributed by atoms with Crippen molar-refractivity contribution in [2.45, 2.75) is 66.0 Å². The zero-order chi connectivity index (χ0) is 28.6. The number of ether oxygens (including phenoxy) is 2. The Morgan fingerprint density at radius 2 is 1.95 bits per heavy atom. The molecule has 0 saturated heterocycles. The van der Waals surface area contributed by atoms with Crippen molar-refractivity contribution in [2.24, 2.45) is 10.4 Å². The van der Waals surface area contributed by atoms with Crippen LogP contribution in [0.3, 0.4) is 0 Å². The summed E-state index contributed by atoms with van der Waals surface area (Å²) >= 11 is 0. The van der Waals surface area contributed by atoms with Crippen LogP contribution in [-0.4, -0.2) is 56.3 Å². The van der Waals surface area contributed by atoms with Crippen molar-refractivity contribution in [1.29, 1.82) is 0 Å². The molecule has 2 amide bonds. The van der Waals surface area contributed by atoms with E-state index in [0.29, 0.717) is 24.5 Å². The minimum atomic E-state index is -0.284. The van der Waals surface area contributed by atoms with Crippen molar-refractivity contribution in [3.8, 4) is 11.5 Å². The summed E-state index contributed by atoms with van der Waals surface area (Å²) in [5.41, 5.74) is 4.52. The first kappa shape index (κ1) is 29.9. The predicted molar refractivity (Wildman–Crippen MR) is 158 cm³/mol. The van der Waals surface area contributed by atoms with Gasteiger partial charge in [0, 0.05) is 30.6 Å². The number of nitrogens with zero attached hydrogens (tertiary/aromatic N) is 2. The predicted octanol–water partition coefficient (Wildman–Crippen LogP) is 5.73. The number of hydrogen-bond acceptors (Lipinski definition) is 6. The highest BCUT2D eigenvalue weighted by molar-refractivity contribution is 5.94. The molecular weight excluding hydrogens is 492 g/mol. The molecule has 0 aromatic heterocycles. The molecule has 0 spiro atoms. The van der Waals surface area contributed by atoms with Crippen molar-refractivity contribution in [1.82, 2.24) is 10.2 Å². The normalized spacial score (nSPS) is 16.2. The lowest BCUT2D eigenvalue weighted by molar-refractivity contribution is -0.118. The van der Waals surface area contributed by atoms with Crippen molar-refractivity contribution in [3.63, 3.8) is 0 Å². The van der Waals surface area contributed by atoms with Gasteiger partial charge in [0.05, 0.1) is 31.5 Å². The summed E-state index contributed by atoms with van der Waals surface area (Å²) in [5, 5.41) is 5.82. The Hall–Kier alpha value is -3.65. The number of aryl methyl sites for hydroxylation is 1. The van der Waals surface area contributed by atoms with Crippen molar-refractivity contribution in [3.05, 3.63) is 53.7 Å². The molecule has 2 atom stereocenters. The molecule has 210 valence electrons. The third-order valence-electron chi connectivity index (χ3n) is 7.00. The highest BCUT2D eigenvalue weighted by Gasteiger charge is 2.24. The fourth-order valence-corrected chi connectivity index (χ4v) is 4.49. The minimum absolute atomic E-state index is 0.0550. The number of likely N-dealkylation sites (N-methyl/N-ethyl adjacent to an activating group) is 1.